The highest BCUT2D eigenvalue weighted by Crippen LogP contribution is 2.09. The molecule has 0 spiro atoms. The molecule has 2 atom stereocenters. The van der Waals surface area contributed by atoms with Crippen molar-refractivity contribution in [2.75, 3.05) is 6.54 Å². The fraction of sp³-hybridized carbons (Fsp3) is 0.875. The quantitative estimate of drug-likeness (QED) is 0.684. The molecular formula is C8H14F2N2O. The van der Waals surface area contributed by atoms with Crippen molar-refractivity contribution in [1.82, 2.24) is 10.6 Å². The molecule has 1 heterocycles. The molecule has 0 bridgehead atoms. The second kappa shape index (κ2) is 4.50. The van der Waals surface area contributed by atoms with Crippen LogP contribution in [0.15, 0.2) is 0 Å². The van der Waals surface area contributed by atoms with Crippen molar-refractivity contribution in [2.24, 2.45) is 0 Å². The Morgan fingerprint density at radius 1 is 1.69 bits per heavy atom. The predicted octanol–water partition coefficient (Wildman–Crippen LogP) is 0.508. The van der Waals surface area contributed by atoms with Crippen LogP contribution in [0.3, 0.4) is 0 Å². The van der Waals surface area contributed by atoms with Crippen LogP contribution in [-0.2, 0) is 4.79 Å². The third kappa shape index (κ3) is 3.26. The second-order valence-electron chi connectivity index (χ2n) is 3.30. The Kier molecular flexibility index (Phi) is 3.59. The molecule has 0 aromatic rings. The number of nitrogens with one attached hydrogen (secondary N) is 2. The molecule has 2 unspecified atom stereocenters. The van der Waals surface area contributed by atoms with Gasteiger partial charge in [0.05, 0.1) is 6.54 Å². The van der Waals surface area contributed by atoms with E-state index in [4.69, 9.17) is 0 Å². The molecule has 1 fully saturated rings. The Labute approximate surface area is 75.9 Å². The van der Waals surface area contributed by atoms with Gasteiger partial charge in [-0.3, -0.25) is 4.79 Å². The van der Waals surface area contributed by atoms with Crippen LogP contribution < -0.4 is 10.6 Å². The molecule has 1 aliphatic rings. The Bertz CT molecular complexity index is 187. The fourth-order valence-electron chi connectivity index (χ4n) is 1.48. The standard InChI is InChI=1S/C8H14F2N2O/c1-5-6(11-4-7(9)10)2-3-8(13)12-5/h5-7,11H,2-4H2,1H3,(H,12,13). The second-order valence-corrected chi connectivity index (χ2v) is 3.30. The van der Waals surface area contributed by atoms with Gasteiger partial charge in [-0.25, -0.2) is 8.78 Å². The maximum absolute atomic E-state index is 11.8. The maximum atomic E-state index is 11.8. The zero-order chi connectivity index (χ0) is 9.84. The van der Waals surface area contributed by atoms with Gasteiger partial charge in [-0.2, -0.15) is 0 Å². The first-order valence-corrected chi connectivity index (χ1v) is 4.40. The van der Waals surface area contributed by atoms with Crippen molar-refractivity contribution in [3.8, 4) is 0 Å². The maximum Gasteiger partial charge on any atom is 0.250 e. The van der Waals surface area contributed by atoms with Crippen LogP contribution in [0.25, 0.3) is 0 Å². The Balaban J connectivity index is 2.29. The highest BCUT2D eigenvalue weighted by atomic mass is 19.3. The van der Waals surface area contributed by atoms with Gasteiger partial charge in [0.15, 0.2) is 0 Å². The van der Waals surface area contributed by atoms with E-state index < -0.39 is 6.43 Å². The number of alkyl halides is 2. The van der Waals surface area contributed by atoms with Gasteiger partial charge in [0.1, 0.15) is 0 Å². The number of carbonyl (C=O) groups excluding carboxylic acids is 1. The molecule has 0 aromatic carbocycles. The van der Waals surface area contributed by atoms with E-state index in [1.165, 1.54) is 0 Å². The molecule has 1 amide bonds. The lowest BCUT2D eigenvalue weighted by molar-refractivity contribution is -0.123. The average molecular weight is 192 g/mol. The third-order valence-electron chi connectivity index (χ3n) is 2.21. The largest absolute Gasteiger partial charge is 0.352 e. The van der Waals surface area contributed by atoms with Gasteiger partial charge in [0, 0.05) is 18.5 Å². The summed E-state index contributed by atoms with van der Waals surface area (Å²) in [6.07, 6.45) is -1.27. The summed E-state index contributed by atoms with van der Waals surface area (Å²) in [7, 11) is 0. The summed E-state index contributed by atoms with van der Waals surface area (Å²) in [5.74, 6) is 0.00240. The Hall–Kier alpha value is -0.710. The van der Waals surface area contributed by atoms with Crippen LogP contribution in [-0.4, -0.2) is 31.0 Å². The van der Waals surface area contributed by atoms with E-state index in [9.17, 15) is 13.6 Å². The van der Waals surface area contributed by atoms with Gasteiger partial charge < -0.3 is 10.6 Å². The van der Waals surface area contributed by atoms with Crippen LogP contribution >= 0.6 is 0 Å². The highest BCUT2D eigenvalue weighted by molar-refractivity contribution is 5.77. The van der Waals surface area contributed by atoms with E-state index >= 15 is 0 Å². The molecular weight excluding hydrogens is 178 g/mol. The van der Waals surface area contributed by atoms with E-state index in [1.807, 2.05) is 6.92 Å². The lowest BCUT2D eigenvalue weighted by Crippen LogP contribution is -2.53. The van der Waals surface area contributed by atoms with E-state index in [0.717, 1.165) is 0 Å². The zero-order valence-electron chi connectivity index (χ0n) is 7.52. The van der Waals surface area contributed by atoms with Crippen molar-refractivity contribution < 1.29 is 13.6 Å². The number of amides is 1. The monoisotopic (exact) mass is 192 g/mol. The van der Waals surface area contributed by atoms with E-state index in [-0.39, 0.29) is 24.5 Å². The number of rotatable bonds is 3. The summed E-state index contributed by atoms with van der Waals surface area (Å²) >= 11 is 0. The van der Waals surface area contributed by atoms with Crippen LogP contribution in [0.1, 0.15) is 19.8 Å². The molecule has 0 aliphatic carbocycles. The minimum atomic E-state index is -2.33. The van der Waals surface area contributed by atoms with E-state index in [0.29, 0.717) is 12.8 Å². The van der Waals surface area contributed by atoms with Gasteiger partial charge in [-0.15, -0.1) is 0 Å². The fourth-order valence-corrected chi connectivity index (χ4v) is 1.48. The summed E-state index contributed by atoms with van der Waals surface area (Å²) in [5, 5.41) is 5.43. The van der Waals surface area contributed by atoms with Gasteiger partial charge in [-0.05, 0) is 13.3 Å². The van der Waals surface area contributed by atoms with E-state index in [1.54, 1.807) is 0 Å². The Morgan fingerprint density at radius 2 is 2.38 bits per heavy atom. The molecule has 76 valence electrons. The first-order chi connectivity index (χ1) is 6.09. The molecule has 2 N–H and O–H groups in total. The molecule has 1 rings (SSSR count). The molecule has 13 heavy (non-hydrogen) atoms. The Morgan fingerprint density at radius 3 is 2.92 bits per heavy atom. The van der Waals surface area contributed by atoms with Gasteiger partial charge >= 0.3 is 0 Å². The van der Waals surface area contributed by atoms with Crippen molar-refractivity contribution >= 4 is 5.91 Å². The topological polar surface area (TPSA) is 41.1 Å². The molecule has 1 saturated heterocycles. The van der Waals surface area contributed by atoms with Crippen LogP contribution in [0.2, 0.25) is 0 Å². The number of hydrogen-bond acceptors (Lipinski definition) is 2. The van der Waals surface area contributed by atoms with Crippen LogP contribution in [0.5, 0.6) is 0 Å². The van der Waals surface area contributed by atoms with Crippen LogP contribution in [0, 0.1) is 0 Å². The summed E-state index contributed by atoms with van der Waals surface area (Å²) in [5.41, 5.74) is 0. The normalized spacial score (nSPS) is 29.1. The van der Waals surface area contributed by atoms with Crippen LogP contribution in [0.4, 0.5) is 8.78 Å². The average Bonchev–Trinajstić information content (AvgIpc) is 2.02. The first-order valence-electron chi connectivity index (χ1n) is 4.40. The number of hydrogen-bond donors (Lipinski definition) is 2. The van der Waals surface area contributed by atoms with E-state index in [2.05, 4.69) is 10.6 Å². The lowest BCUT2D eigenvalue weighted by atomic mass is 9.99. The number of halogens is 2. The molecule has 0 saturated carbocycles. The molecule has 1 aliphatic heterocycles. The predicted molar refractivity (Wildman–Crippen MR) is 44.6 cm³/mol. The summed E-state index contributed by atoms with van der Waals surface area (Å²) in [6, 6.07) is -0.0771. The molecule has 3 nitrogen and oxygen atoms in total. The van der Waals surface area contributed by atoms with Gasteiger partial charge in [-0.1, -0.05) is 0 Å². The third-order valence-corrected chi connectivity index (χ3v) is 2.21. The lowest BCUT2D eigenvalue weighted by Gasteiger charge is -2.30. The van der Waals surface area contributed by atoms with Gasteiger partial charge in [0.25, 0.3) is 6.43 Å². The summed E-state index contributed by atoms with van der Waals surface area (Å²) in [4.78, 5) is 10.9. The van der Waals surface area contributed by atoms with Crippen molar-refractivity contribution in [2.45, 2.75) is 38.3 Å². The minimum absolute atomic E-state index is 0.00240. The number of piperidine rings is 1. The SMILES string of the molecule is CC1NC(=O)CCC1NCC(F)F. The van der Waals surface area contributed by atoms with Gasteiger partial charge in [0.2, 0.25) is 5.91 Å². The first kappa shape index (κ1) is 10.4. The highest BCUT2D eigenvalue weighted by Gasteiger charge is 2.25. The molecule has 5 heteroatoms. The summed E-state index contributed by atoms with van der Waals surface area (Å²) in [6.45, 7) is 1.52. The minimum Gasteiger partial charge on any atom is -0.352 e. The van der Waals surface area contributed by atoms with Crippen molar-refractivity contribution in [3.05, 3.63) is 0 Å². The van der Waals surface area contributed by atoms with Crippen molar-refractivity contribution in [1.29, 1.82) is 0 Å². The zero-order valence-corrected chi connectivity index (χ0v) is 7.52. The summed E-state index contributed by atoms with van der Waals surface area (Å²) < 4.78 is 23.7. The number of carbonyl (C=O) groups is 1. The molecule has 0 aromatic heterocycles. The van der Waals surface area contributed by atoms with Crippen molar-refractivity contribution in [3.63, 3.8) is 0 Å². The molecule has 0 radical (unpaired) electrons. The smallest absolute Gasteiger partial charge is 0.250 e.